The molecule has 0 aliphatic carbocycles. The van der Waals surface area contributed by atoms with E-state index in [2.05, 4.69) is 25.8 Å². The number of nitrogens with one attached hydrogen (secondary N) is 2. The highest BCUT2D eigenvalue weighted by Gasteiger charge is 2.13. The topological polar surface area (TPSA) is 92.9 Å². The van der Waals surface area contributed by atoms with E-state index in [1.54, 1.807) is 44.2 Å². The fourth-order valence-corrected chi connectivity index (χ4v) is 2.63. The number of hydrogen-bond acceptors (Lipinski definition) is 6. The molecule has 0 spiro atoms. The molecule has 2 N–H and O–H groups in total. The fourth-order valence-electron chi connectivity index (χ4n) is 2.10. The Morgan fingerprint density at radius 2 is 1.76 bits per heavy atom. The predicted molar refractivity (Wildman–Crippen MR) is 95.7 cm³/mol. The molecule has 0 unspecified atom stereocenters. The third-order valence-electron chi connectivity index (χ3n) is 3.08. The van der Waals surface area contributed by atoms with Crippen LogP contribution in [0.2, 0.25) is 10.0 Å². The molecule has 2 heterocycles. The van der Waals surface area contributed by atoms with Gasteiger partial charge in [0.15, 0.2) is 5.82 Å². The van der Waals surface area contributed by atoms with Gasteiger partial charge in [-0.3, -0.25) is 4.79 Å². The fraction of sp³-hybridized carbons (Fsp3) is 0.125. The molecular weight excluding hydrogens is 365 g/mol. The van der Waals surface area contributed by atoms with Crippen molar-refractivity contribution in [3.8, 4) is 0 Å². The Balaban J connectivity index is 1.83. The summed E-state index contributed by atoms with van der Waals surface area (Å²) in [5, 5.41) is 10.3. The van der Waals surface area contributed by atoms with Gasteiger partial charge in [0.1, 0.15) is 11.5 Å². The summed E-state index contributed by atoms with van der Waals surface area (Å²) in [5.41, 5.74) is 1.41. The maximum atomic E-state index is 12.3. The van der Waals surface area contributed by atoms with E-state index >= 15 is 0 Å². The van der Waals surface area contributed by atoms with Crippen LogP contribution in [-0.2, 0) is 0 Å². The largest absolute Gasteiger partial charge is 0.360 e. The van der Waals surface area contributed by atoms with E-state index in [1.807, 2.05) is 0 Å². The smallest absolute Gasteiger partial charge is 0.275 e. The Morgan fingerprint density at radius 1 is 1.04 bits per heavy atom. The van der Waals surface area contributed by atoms with E-state index in [0.29, 0.717) is 33.0 Å². The monoisotopic (exact) mass is 377 g/mol. The highest BCUT2D eigenvalue weighted by Crippen LogP contribution is 2.24. The van der Waals surface area contributed by atoms with Crippen LogP contribution in [0, 0.1) is 13.8 Å². The number of aryl methyl sites for hydroxylation is 2. The average Bonchev–Trinajstić information content (AvgIpc) is 2.90. The molecule has 25 heavy (non-hydrogen) atoms. The number of carbonyl (C=O) groups excluding carboxylic acids is 1. The Hall–Kier alpha value is -2.64. The van der Waals surface area contributed by atoms with Gasteiger partial charge in [0.05, 0.1) is 0 Å². The van der Waals surface area contributed by atoms with Gasteiger partial charge in [0, 0.05) is 27.5 Å². The minimum absolute atomic E-state index is 0.184. The van der Waals surface area contributed by atoms with E-state index in [0.717, 1.165) is 0 Å². The number of amides is 1. The number of carbonyl (C=O) groups is 1. The van der Waals surface area contributed by atoms with Crippen molar-refractivity contribution in [1.82, 2.24) is 15.1 Å². The minimum Gasteiger partial charge on any atom is -0.360 e. The Morgan fingerprint density at radius 3 is 2.40 bits per heavy atom. The lowest BCUT2D eigenvalue weighted by atomic mass is 10.3. The van der Waals surface area contributed by atoms with E-state index in [-0.39, 0.29) is 11.6 Å². The lowest BCUT2D eigenvalue weighted by molar-refractivity contribution is 0.102. The first-order valence-electron chi connectivity index (χ1n) is 7.22. The van der Waals surface area contributed by atoms with Gasteiger partial charge < -0.3 is 15.2 Å². The second-order valence-electron chi connectivity index (χ2n) is 5.28. The number of halogens is 2. The van der Waals surface area contributed by atoms with Crippen LogP contribution < -0.4 is 10.6 Å². The molecule has 1 amide bonds. The number of benzene rings is 1. The van der Waals surface area contributed by atoms with Crippen molar-refractivity contribution in [2.75, 3.05) is 10.6 Å². The highest BCUT2D eigenvalue weighted by atomic mass is 35.5. The molecule has 128 valence electrons. The normalized spacial score (nSPS) is 10.6. The maximum absolute atomic E-state index is 12.3. The summed E-state index contributed by atoms with van der Waals surface area (Å²) in [5.74, 6) is 0.732. The van der Waals surface area contributed by atoms with Crippen LogP contribution in [0.5, 0.6) is 0 Å². The quantitative estimate of drug-likeness (QED) is 0.700. The van der Waals surface area contributed by atoms with E-state index < -0.39 is 5.91 Å². The lowest BCUT2D eigenvalue weighted by Crippen LogP contribution is -2.15. The molecule has 9 heteroatoms. The minimum atomic E-state index is -0.425. The van der Waals surface area contributed by atoms with Gasteiger partial charge in [-0.25, -0.2) is 9.97 Å². The van der Waals surface area contributed by atoms with Gasteiger partial charge >= 0.3 is 0 Å². The summed E-state index contributed by atoms with van der Waals surface area (Å²) in [6.07, 6.45) is 0. The molecule has 0 fully saturated rings. The van der Waals surface area contributed by atoms with Gasteiger partial charge in [-0.15, -0.1) is 0 Å². The molecule has 3 aromatic rings. The molecular formula is C16H13Cl2N5O2. The van der Waals surface area contributed by atoms with Gasteiger partial charge in [0.2, 0.25) is 5.95 Å². The molecule has 0 aliphatic rings. The Kier molecular flexibility index (Phi) is 4.87. The number of hydrogen-bond donors (Lipinski definition) is 2. The van der Waals surface area contributed by atoms with Crippen LogP contribution in [-0.4, -0.2) is 21.0 Å². The lowest BCUT2D eigenvalue weighted by Gasteiger charge is -2.09. The zero-order valence-electron chi connectivity index (χ0n) is 13.3. The van der Waals surface area contributed by atoms with Gasteiger partial charge in [-0.05, 0) is 38.1 Å². The van der Waals surface area contributed by atoms with Crippen LogP contribution in [0.1, 0.15) is 21.9 Å². The van der Waals surface area contributed by atoms with Crippen LogP contribution in [0.3, 0.4) is 0 Å². The van der Waals surface area contributed by atoms with Gasteiger partial charge in [-0.2, -0.15) is 0 Å². The van der Waals surface area contributed by atoms with E-state index in [1.165, 1.54) is 0 Å². The molecule has 0 saturated carbocycles. The summed E-state index contributed by atoms with van der Waals surface area (Å²) in [6.45, 7) is 3.49. The molecule has 2 aromatic heterocycles. The molecule has 0 atom stereocenters. The van der Waals surface area contributed by atoms with Crippen molar-refractivity contribution < 1.29 is 9.32 Å². The summed E-state index contributed by atoms with van der Waals surface area (Å²) >= 11 is 12.0. The zero-order valence-corrected chi connectivity index (χ0v) is 14.8. The van der Waals surface area contributed by atoms with Crippen molar-refractivity contribution in [2.45, 2.75) is 13.8 Å². The maximum Gasteiger partial charge on any atom is 0.275 e. The van der Waals surface area contributed by atoms with Crippen molar-refractivity contribution in [1.29, 1.82) is 0 Å². The number of aromatic nitrogens is 3. The molecule has 0 bridgehead atoms. The molecule has 1 aromatic carbocycles. The first kappa shape index (κ1) is 17.2. The first-order chi connectivity index (χ1) is 11.9. The molecule has 0 aliphatic heterocycles. The van der Waals surface area contributed by atoms with Crippen molar-refractivity contribution in [3.63, 3.8) is 0 Å². The standard InChI is InChI=1S/C16H13Cl2N5O2/c1-8-3-13(15(24)22-14-4-9(2)25-23-14)21-16(19-8)20-12-6-10(17)5-11(18)7-12/h3-7H,1-2H3,(H,19,20,21)(H,22,23,24). The van der Waals surface area contributed by atoms with E-state index in [9.17, 15) is 4.79 Å². The van der Waals surface area contributed by atoms with Crippen LogP contribution in [0.15, 0.2) is 34.9 Å². The summed E-state index contributed by atoms with van der Waals surface area (Å²) in [6, 6.07) is 8.15. The van der Waals surface area contributed by atoms with Gasteiger partial charge in [-0.1, -0.05) is 28.4 Å². The highest BCUT2D eigenvalue weighted by molar-refractivity contribution is 6.35. The van der Waals surface area contributed by atoms with Gasteiger partial charge in [0.25, 0.3) is 5.91 Å². The molecule has 0 radical (unpaired) electrons. The second-order valence-corrected chi connectivity index (χ2v) is 6.15. The Labute approximate surface area is 153 Å². The zero-order chi connectivity index (χ0) is 18.0. The SMILES string of the molecule is Cc1cc(C(=O)Nc2cc(C)on2)nc(Nc2cc(Cl)cc(Cl)c2)n1. The van der Waals surface area contributed by atoms with Crippen molar-refractivity contribution >= 4 is 46.6 Å². The Bertz CT molecular complexity index is 922. The summed E-state index contributed by atoms with van der Waals surface area (Å²) in [7, 11) is 0. The van der Waals surface area contributed by atoms with Crippen molar-refractivity contribution in [2.24, 2.45) is 0 Å². The number of rotatable bonds is 4. The second kappa shape index (κ2) is 7.08. The van der Waals surface area contributed by atoms with Crippen LogP contribution in [0.25, 0.3) is 0 Å². The molecule has 3 rings (SSSR count). The summed E-state index contributed by atoms with van der Waals surface area (Å²) < 4.78 is 4.92. The number of nitrogens with zero attached hydrogens (tertiary/aromatic N) is 3. The third kappa shape index (κ3) is 4.46. The average molecular weight is 378 g/mol. The van der Waals surface area contributed by atoms with Crippen molar-refractivity contribution in [3.05, 3.63) is 57.5 Å². The predicted octanol–water partition coefficient (Wildman–Crippen LogP) is 4.38. The molecule has 0 saturated heterocycles. The molecule has 7 nitrogen and oxygen atoms in total. The van der Waals surface area contributed by atoms with Crippen LogP contribution in [0.4, 0.5) is 17.5 Å². The number of anilines is 3. The third-order valence-corrected chi connectivity index (χ3v) is 3.51. The van der Waals surface area contributed by atoms with Crippen LogP contribution >= 0.6 is 23.2 Å². The summed E-state index contributed by atoms with van der Waals surface area (Å²) in [4.78, 5) is 20.8. The van der Waals surface area contributed by atoms with E-state index in [4.69, 9.17) is 27.7 Å². The first-order valence-corrected chi connectivity index (χ1v) is 7.98.